The monoisotopic (exact) mass is 480 g/mol. The molecular weight excluding hydrogens is 448 g/mol. The number of ether oxygens (including phenoxy) is 2. The highest BCUT2D eigenvalue weighted by molar-refractivity contribution is 5.83. The van der Waals surface area contributed by atoms with Gasteiger partial charge in [-0.3, -0.25) is 9.59 Å². The van der Waals surface area contributed by atoms with E-state index in [2.05, 4.69) is 34.9 Å². The standard InChI is InChI=1S/C27H32N2O6/c1-17(10-11-24(30)31)12-14-28-26(32)25-23(13-15-34-25)29-27(33)35-16-22-20-8-4-2-6-18(20)19-7-3-5-9-21(19)22/h2-9,17,22-23,25H,10-16H2,1H3,(H,28,32)(H,29,33)(H,30,31). The number of hydrogen-bond donors (Lipinski definition) is 3. The molecule has 2 amide bonds. The Kier molecular flexibility index (Phi) is 8.02. The van der Waals surface area contributed by atoms with Gasteiger partial charge < -0.3 is 25.2 Å². The molecule has 4 rings (SSSR count). The first kappa shape index (κ1) is 24.7. The highest BCUT2D eigenvalue weighted by Gasteiger charge is 2.36. The second-order valence-corrected chi connectivity index (χ2v) is 9.27. The van der Waals surface area contributed by atoms with Crippen molar-refractivity contribution < 1.29 is 29.0 Å². The van der Waals surface area contributed by atoms with Gasteiger partial charge in [-0.25, -0.2) is 4.79 Å². The van der Waals surface area contributed by atoms with Crippen molar-refractivity contribution in [3.8, 4) is 11.1 Å². The molecule has 8 heteroatoms. The van der Waals surface area contributed by atoms with Crippen LogP contribution in [0.4, 0.5) is 4.79 Å². The SMILES string of the molecule is CC(CCNC(=O)C1OCCC1NC(=O)OCC1c2ccccc2-c2ccccc21)CCC(=O)O. The van der Waals surface area contributed by atoms with Gasteiger partial charge in [-0.15, -0.1) is 0 Å². The van der Waals surface area contributed by atoms with E-state index in [1.165, 1.54) is 0 Å². The maximum absolute atomic E-state index is 12.6. The highest BCUT2D eigenvalue weighted by atomic mass is 16.6. The number of carboxylic acids is 1. The van der Waals surface area contributed by atoms with E-state index < -0.39 is 24.2 Å². The predicted molar refractivity (Wildman–Crippen MR) is 130 cm³/mol. The molecule has 1 aliphatic heterocycles. The Morgan fingerprint density at radius 3 is 2.37 bits per heavy atom. The van der Waals surface area contributed by atoms with Crippen molar-refractivity contribution in [1.82, 2.24) is 10.6 Å². The van der Waals surface area contributed by atoms with Crippen molar-refractivity contribution in [3.63, 3.8) is 0 Å². The van der Waals surface area contributed by atoms with Crippen LogP contribution in [0, 0.1) is 5.92 Å². The summed E-state index contributed by atoms with van der Waals surface area (Å²) < 4.78 is 11.2. The number of alkyl carbamates (subject to hydrolysis) is 1. The van der Waals surface area contributed by atoms with Gasteiger partial charge in [0.25, 0.3) is 5.91 Å². The van der Waals surface area contributed by atoms with Crippen molar-refractivity contribution in [2.45, 2.75) is 50.7 Å². The summed E-state index contributed by atoms with van der Waals surface area (Å²) >= 11 is 0. The Balaban J connectivity index is 1.26. The molecule has 0 radical (unpaired) electrons. The zero-order valence-electron chi connectivity index (χ0n) is 19.9. The number of aliphatic carboxylic acids is 1. The van der Waals surface area contributed by atoms with Crippen LogP contribution in [0.1, 0.15) is 49.7 Å². The molecule has 3 unspecified atom stereocenters. The van der Waals surface area contributed by atoms with Gasteiger partial charge in [-0.1, -0.05) is 55.5 Å². The van der Waals surface area contributed by atoms with Crippen molar-refractivity contribution in [2.24, 2.45) is 5.92 Å². The third-order valence-corrected chi connectivity index (χ3v) is 6.78. The fourth-order valence-electron chi connectivity index (χ4n) is 4.84. The summed E-state index contributed by atoms with van der Waals surface area (Å²) in [6.45, 7) is 2.97. The van der Waals surface area contributed by atoms with Gasteiger partial charge in [0.05, 0.1) is 6.04 Å². The quantitative estimate of drug-likeness (QED) is 0.478. The molecule has 3 atom stereocenters. The summed E-state index contributed by atoms with van der Waals surface area (Å²) in [7, 11) is 0. The number of amides is 2. The minimum Gasteiger partial charge on any atom is -0.481 e. The average Bonchev–Trinajstić information content (AvgIpc) is 3.44. The number of fused-ring (bicyclic) bond motifs is 3. The summed E-state index contributed by atoms with van der Waals surface area (Å²) in [5, 5.41) is 14.4. The molecule has 1 aliphatic carbocycles. The van der Waals surface area contributed by atoms with Gasteiger partial charge in [0.1, 0.15) is 6.61 Å². The molecule has 3 N–H and O–H groups in total. The molecule has 8 nitrogen and oxygen atoms in total. The smallest absolute Gasteiger partial charge is 0.407 e. The molecule has 0 bridgehead atoms. The lowest BCUT2D eigenvalue weighted by molar-refractivity contribution is -0.137. The van der Waals surface area contributed by atoms with Crippen LogP contribution in [0.15, 0.2) is 48.5 Å². The van der Waals surface area contributed by atoms with Crippen molar-refractivity contribution in [2.75, 3.05) is 19.8 Å². The number of carbonyl (C=O) groups excluding carboxylic acids is 2. The Morgan fingerprint density at radius 1 is 1.06 bits per heavy atom. The molecule has 1 heterocycles. The number of carboxylic acid groups (broad SMARTS) is 1. The van der Waals surface area contributed by atoms with Gasteiger partial charge >= 0.3 is 12.1 Å². The Hall–Kier alpha value is -3.39. The fraction of sp³-hybridized carbons (Fsp3) is 0.444. The van der Waals surface area contributed by atoms with Crippen molar-refractivity contribution in [1.29, 1.82) is 0 Å². The molecule has 2 aromatic carbocycles. The minimum atomic E-state index is -0.817. The average molecular weight is 481 g/mol. The Labute approximate surface area is 205 Å². The van der Waals surface area contributed by atoms with Crippen LogP contribution < -0.4 is 10.6 Å². The van der Waals surface area contributed by atoms with E-state index in [-0.39, 0.29) is 30.8 Å². The van der Waals surface area contributed by atoms with Gasteiger partial charge in [-0.2, -0.15) is 0 Å². The van der Waals surface area contributed by atoms with E-state index in [0.717, 1.165) is 22.3 Å². The van der Waals surface area contributed by atoms with Crippen LogP contribution in [0.3, 0.4) is 0 Å². The maximum atomic E-state index is 12.6. The summed E-state index contributed by atoms with van der Waals surface area (Å²) in [4.78, 5) is 35.9. The normalized spacial score (nSPS) is 19.5. The first-order chi connectivity index (χ1) is 16.9. The van der Waals surface area contributed by atoms with Gasteiger partial charge in [0.2, 0.25) is 0 Å². The number of benzene rings is 2. The summed E-state index contributed by atoms with van der Waals surface area (Å²) in [5.74, 6) is -0.944. The largest absolute Gasteiger partial charge is 0.481 e. The van der Waals surface area contributed by atoms with Crippen molar-refractivity contribution in [3.05, 3.63) is 59.7 Å². The molecule has 2 aliphatic rings. The first-order valence-corrected chi connectivity index (χ1v) is 12.2. The first-order valence-electron chi connectivity index (χ1n) is 12.2. The zero-order chi connectivity index (χ0) is 24.8. The van der Waals surface area contributed by atoms with E-state index in [1.54, 1.807) is 0 Å². The van der Waals surface area contributed by atoms with E-state index in [9.17, 15) is 14.4 Å². The number of nitrogens with one attached hydrogen (secondary N) is 2. The molecular formula is C27H32N2O6. The number of rotatable bonds is 10. The molecule has 1 fully saturated rings. The molecule has 35 heavy (non-hydrogen) atoms. The lowest BCUT2D eigenvalue weighted by Gasteiger charge is -2.21. The van der Waals surface area contributed by atoms with E-state index in [0.29, 0.717) is 32.4 Å². The summed E-state index contributed by atoms with van der Waals surface area (Å²) in [6, 6.07) is 15.8. The second kappa shape index (κ2) is 11.4. The summed E-state index contributed by atoms with van der Waals surface area (Å²) in [5.41, 5.74) is 4.60. The minimum absolute atomic E-state index is 0.0322. The van der Waals surface area contributed by atoms with Crippen LogP contribution >= 0.6 is 0 Å². The third-order valence-electron chi connectivity index (χ3n) is 6.78. The lowest BCUT2D eigenvalue weighted by Crippen LogP contribution is -2.48. The molecule has 2 aromatic rings. The fourth-order valence-corrected chi connectivity index (χ4v) is 4.84. The van der Waals surface area contributed by atoms with Gasteiger partial charge in [0.15, 0.2) is 6.10 Å². The van der Waals surface area contributed by atoms with E-state index in [4.69, 9.17) is 14.6 Å². The van der Waals surface area contributed by atoms with Crippen LogP contribution in [0.2, 0.25) is 0 Å². The zero-order valence-corrected chi connectivity index (χ0v) is 19.9. The topological polar surface area (TPSA) is 114 Å². The lowest BCUT2D eigenvalue weighted by atomic mass is 9.98. The highest BCUT2D eigenvalue weighted by Crippen LogP contribution is 2.44. The Morgan fingerprint density at radius 2 is 1.71 bits per heavy atom. The maximum Gasteiger partial charge on any atom is 0.407 e. The van der Waals surface area contributed by atoms with Crippen LogP contribution in [0.25, 0.3) is 11.1 Å². The molecule has 0 spiro atoms. The van der Waals surface area contributed by atoms with E-state index >= 15 is 0 Å². The van der Waals surface area contributed by atoms with Gasteiger partial charge in [-0.05, 0) is 47.4 Å². The predicted octanol–water partition coefficient (Wildman–Crippen LogP) is 3.69. The van der Waals surface area contributed by atoms with Crippen molar-refractivity contribution >= 4 is 18.0 Å². The third kappa shape index (κ3) is 6.00. The van der Waals surface area contributed by atoms with Crippen LogP contribution in [0.5, 0.6) is 0 Å². The summed E-state index contributed by atoms with van der Waals surface area (Å²) in [6.07, 6.45) is 0.546. The number of hydrogen-bond acceptors (Lipinski definition) is 5. The van der Waals surface area contributed by atoms with E-state index in [1.807, 2.05) is 31.2 Å². The van der Waals surface area contributed by atoms with Crippen LogP contribution in [-0.4, -0.2) is 55.0 Å². The molecule has 0 aromatic heterocycles. The Bertz CT molecular complexity index is 1030. The second-order valence-electron chi connectivity index (χ2n) is 9.27. The van der Waals surface area contributed by atoms with Crippen LogP contribution in [-0.2, 0) is 19.1 Å². The van der Waals surface area contributed by atoms with Gasteiger partial charge in [0, 0.05) is 25.5 Å². The molecule has 186 valence electrons. The molecule has 1 saturated heterocycles. The molecule has 0 saturated carbocycles. The number of carbonyl (C=O) groups is 3.